The van der Waals surface area contributed by atoms with Crippen LogP contribution in [0.1, 0.15) is 25.5 Å². The van der Waals surface area contributed by atoms with Crippen molar-refractivity contribution in [1.29, 1.82) is 0 Å². The maximum Gasteiger partial charge on any atom is 0.269 e. The Bertz CT molecular complexity index is 787. The number of ketones is 1. The van der Waals surface area contributed by atoms with Gasteiger partial charge in [0.1, 0.15) is 5.78 Å². The van der Waals surface area contributed by atoms with Crippen LogP contribution in [0.25, 0.3) is 0 Å². The highest BCUT2D eigenvalue weighted by atomic mass is 16.6. The van der Waals surface area contributed by atoms with Crippen molar-refractivity contribution in [2.45, 2.75) is 19.9 Å². The molecule has 0 fully saturated rings. The van der Waals surface area contributed by atoms with Crippen LogP contribution in [-0.2, 0) is 4.79 Å². The zero-order valence-corrected chi connectivity index (χ0v) is 13.7. The Morgan fingerprint density at radius 2 is 1.36 bits per heavy atom. The number of hydrogen-bond donors (Lipinski definition) is 1. The first kappa shape index (κ1) is 18.1. The van der Waals surface area contributed by atoms with Crippen LogP contribution in [0.15, 0.2) is 48.5 Å². The van der Waals surface area contributed by atoms with E-state index in [9.17, 15) is 25.0 Å². The fourth-order valence-corrected chi connectivity index (χ4v) is 2.39. The van der Waals surface area contributed by atoms with Gasteiger partial charge in [0.2, 0.25) is 0 Å². The molecular formula is C17H17N3O5. The number of nitrogens with one attached hydrogen (secondary N) is 1. The quantitative estimate of drug-likeness (QED) is 0.602. The van der Waals surface area contributed by atoms with Gasteiger partial charge in [0.15, 0.2) is 0 Å². The first-order valence-electron chi connectivity index (χ1n) is 7.55. The monoisotopic (exact) mass is 343 g/mol. The summed E-state index contributed by atoms with van der Waals surface area (Å²) in [6.07, 6.45) is 0. The molecule has 2 aromatic rings. The van der Waals surface area contributed by atoms with Gasteiger partial charge in [0.25, 0.3) is 11.4 Å². The summed E-state index contributed by atoms with van der Waals surface area (Å²) in [7, 11) is 0. The summed E-state index contributed by atoms with van der Waals surface area (Å²) in [5.41, 5.74) is 1.26. The van der Waals surface area contributed by atoms with E-state index in [1.807, 2.05) is 0 Å². The Morgan fingerprint density at radius 3 is 1.76 bits per heavy atom. The molecule has 0 amide bonds. The predicted octanol–water partition coefficient (Wildman–Crippen LogP) is 3.88. The highest BCUT2D eigenvalue weighted by molar-refractivity contribution is 5.79. The van der Waals surface area contributed by atoms with E-state index in [-0.39, 0.29) is 17.2 Å². The van der Waals surface area contributed by atoms with Crippen LogP contribution < -0.4 is 5.32 Å². The van der Waals surface area contributed by atoms with Gasteiger partial charge in [0.05, 0.1) is 15.9 Å². The van der Waals surface area contributed by atoms with E-state index in [2.05, 4.69) is 5.32 Å². The van der Waals surface area contributed by atoms with Crippen LogP contribution in [0.2, 0.25) is 0 Å². The molecule has 0 bridgehead atoms. The van der Waals surface area contributed by atoms with Gasteiger partial charge in [-0.3, -0.25) is 25.0 Å². The number of nitro groups is 2. The molecule has 0 radical (unpaired) electrons. The highest BCUT2D eigenvalue weighted by Crippen LogP contribution is 2.29. The Labute approximate surface area is 143 Å². The second-order valence-electron chi connectivity index (χ2n) is 5.67. The molecule has 0 aromatic heterocycles. The molecule has 0 heterocycles. The maximum absolute atomic E-state index is 11.8. The second-order valence-corrected chi connectivity index (χ2v) is 5.67. The number of carbonyl (C=O) groups is 1. The minimum absolute atomic E-state index is 0.0305. The van der Waals surface area contributed by atoms with Gasteiger partial charge in [0, 0.05) is 35.9 Å². The molecule has 130 valence electrons. The number of carbonyl (C=O) groups excluding carboxylic acids is 1. The third-order valence-electron chi connectivity index (χ3n) is 4.00. The molecule has 8 nitrogen and oxygen atoms in total. The minimum atomic E-state index is -0.490. The Balaban J connectivity index is 2.31. The predicted molar refractivity (Wildman–Crippen MR) is 92.4 cm³/mol. The Morgan fingerprint density at radius 1 is 0.920 bits per heavy atom. The summed E-state index contributed by atoms with van der Waals surface area (Å²) in [5, 5.41) is 24.7. The molecule has 0 unspecified atom stereocenters. The van der Waals surface area contributed by atoms with Crippen LogP contribution >= 0.6 is 0 Å². The average Bonchev–Trinajstić information content (AvgIpc) is 2.59. The van der Waals surface area contributed by atoms with Crippen LogP contribution in [0.5, 0.6) is 0 Å². The maximum atomic E-state index is 11.8. The minimum Gasteiger partial charge on any atom is -0.378 e. The van der Waals surface area contributed by atoms with Gasteiger partial charge >= 0.3 is 0 Å². The van der Waals surface area contributed by atoms with Gasteiger partial charge < -0.3 is 5.32 Å². The number of nitro benzene ring substituents is 2. The number of hydrogen-bond acceptors (Lipinski definition) is 6. The van der Waals surface area contributed by atoms with E-state index in [1.54, 1.807) is 31.2 Å². The van der Waals surface area contributed by atoms with Crippen molar-refractivity contribution in [1.82, 2.24) is 0 Å². The number of rotatable bonds is 7. The molecule has 8 heteroatoms. The average molecular weight is 343 g/mol. The molecule has 0 saturated heterocycles. The summed E-state index contributed by atoms with van der Waals surface area (Å²) >= 11 is 0. The van der Waals surface area contributed by atoms with E-state index in [0.29, 0.717) is 11.3 Å². The lowest BCUT2D eigenvalue weighted by Gasteiger charge is -2.25. The van der Waals surface area contributed by atoms with Crippen molar-refractivity contribution in [3.63, 3.8) is 0 Å². The lowest BCUT2D eigenvalue weighted by atomic mass is 9.91. The van der Waals surface area contributed by atoms with Gasteiger partial charge in [-0.1, -0.05) is 19.1 Å². The number of nitrogens with zero attached hydrogens (tertiary/aromatic N) is 2. The van der Waals surface area contributed by atoms with Crippen LogP contribution in [0.3, 0.4) is 0 Å². The van der Waals surface area contributed by atoms with Crippen molar-refractivity contribution >= 4 is 22.8 Å². The summed E-state index contributed by atoms with van der Waals surface area (Å²) < 4.78 is 0. The lowest BCUT2D eigenvalue weighted by Crippen LogP contribution is -2.24. The van der Waals surface area contributed by atoms with Gasteiger partial charge in [-0.25, -0.2) is 0 Å². The van der Waals surface area contributed by atoms with E-state index < -0.39 is 21.8 Å². The first-order valence-corrected chi connectivity index (χ1v) is 7.55. The normalized spacial score (nSPS) is 12.9. The van der Waals surface area contributed by atoms with Gasteiger partial charge in [-0.2, -0.15) is 0 Å². The van der Waals surface area contributed by atoms with Gasteiger partial charge in [-0.15, -0.1) is 0 Å². The molecular weight excluding hydrogens is 326 g/mol. The molecule has 2 rings (SSSR count). The third-order valence-corrected chi connectivity index (χ3v) is 4.00. The van der Waals surface area contributed by atoms with Gasteiger partial charge in [-0.05, 0) is 24.6 Å². The topological polar surface area (TPSA) is 115 Å². The van der Waals surface area contributed by atoms with Crippen molar-refractivity contribution in [3.8, 4) is 0 Å². The lowest BCUT2D eigenvalue weighted by molar-refractivity contribution is -0.385. The largest absolute Gasteiger partial charge is 0.378 e. The summed E-state index contributed by atoms with van der Waals surface area (Å²) in [6.45, 7) is 3.23. The fourth-order valence-electron chi connectivity index (χ4n) is 2.39. The Kier molecular flexibility index (Phi) is 5.43. The molecule has 0 aliphatic rings. The molecule has 2 aromatic carbocycles. The number of anilines is 1. The van der Waals surface area contributed by atoms with E-state index in [1.165, 1.54) is 31.2 Å². The zero-order chi connectivity index (χ0) is 18.6. The molecule has 0 saturated carbocycles. The van der Waals surface area contributed by atoms with Crippen molar-refractivity contribution in [3.05, 3.63) is 74.3 Å². The number of non-ortho nitro benzene ring substituents is 2. The fraction of sp³-hybridized carbons (Fsp3) is 0.235. The molecule has 2 atom stereocenters. The first-order chi connectivity index (χ1) is 11.8. The zero-order valence-electron chi connectivity index (χ0n) is 13.7. The molecule has 25 heavy (non-hydrogen) atoms. The highest BCUT2D eigenvalue weighted by Gasteiger charge is 2.23. The van der Waals surface area contributed by atoms with Crippen molar-refractivity contribution in [2.75, 3.05) is 5.32 Å². The SMILES string of the molecule is CC(=O)[C@H](C)[C@@H](Nc1ccc([N+](=O)[O-])cc1)c1ccc([N+](=O)[O-])cc1. The third kappa shape index (κ3) is 4.37. The number of benzene rings is 2. The van der Waals surface area contributed by atoms with E-state index >= 15 is 0 Å². The number of Topliss-reactive ketones (excluding diaryl/α,β-unsaturated/α-hetero) is 1. The molecule has 0 aliphatic heterocycles. The van der Waals surface area contributed by atoms with Crippen LogP contribution in [0.4, 0.5) is 17.1 Å². The van der Waals surface area contributed by atoms with Crippen molar-refractivity contribution in [2.24, 2.45) is 5.92 Å². The summed E-state index contributed by atoms with van der Waals surface area (Å²) in [4.78, 5) is 32.4. The van der Waals surface area contributed by atoms with Crippen LogP contribution in [0, 0.1) is 26.1 Å². The summed E-state index contributed by atoms with van der Waals surface area (Å²) in [6, 6.07) is 11.4. The van der Waals surface area contributed by atoms with Crippen LogP contribution in [-0.4, -0.2) is 15.6 Å². The Hall–Kier alpha value is -3.29. The van der Waals surface area contributed by atoms with E-state index in [0.717, 1.165) is 0 Å². The van der Waals surface area contributed by atoms with Crippen molar-refractivity contribution < 1.29 is 14.6 Å². The molecule has 0 aliphatic carbocycles. The smallest absolute Gasteiger partial charge is 0.269 e. The van der Waals surface area contributed by atoms with E-state index in [4.69, 9.17) is 0 Å². The summed E-state index contributed by atoms with van der Waals surface area (Å²) in [5.74, 6) is -0.436. The molecule has 1 N–H and O–H groups in total. The second kappa shape index (κ2) is 7.52. The standard InChI is InChI=1S/C17H17N3O5/c1-11(12(2)21)17(13-3-7-15(8-4-13)19(22)23)18-14-5-9-16(10-6-14)20(24)25/h3-11,17-18H,1-2H3/t11-,17+/m0/s1. The molecule has 0 spiro atoms.